The minimum atomic E-state index is -0.256. The Kier molecular flexibility index (Phi) is 3.20. The Bertz CT molecular complexity index is 726. The molecule has 1 unspecified atom stereocenters. The highest BCUT2D eigenvalue weighted by molar-refractivity contribution is 5.41. The van der Waals surface area contributed by atoms with E-state index in [-0.39, 0.29) is 6.10 Å². The van der Waals surface area contributed by atoms with Crippen LogP contribution in [0, 0.1) is 0 Å². The van der Waals surface area contributed by atoms with Crippen molar-refractivity contribution >= 4 is 5.95 Å². The van der Waals surface area contributed by atoms with Gasteiger partial charge in [0.2, 0.25) is 5.82 Å². The molecule has 0 saturated carbocycles. The number of hydrogen-bond donors (Lipinski definition) is 1. The van der Waals surface area contributed by atoms with Gasteiger partial charge in [-0.05, 0) is 22.6 Å². The molecule has 22 heavy (non-hydrogen) atoms. The van der Waals surface area contributed by atoms with Crippen molar-refractivity contribution in [1.82, 2.24) is 40.8 Å². The van der Waals surface area contributed by atoms with Crippen LogP contribution in [-0.4, -0.2) is 60.5 Å². The molecule has 1 aliphatic heterocycles. The highest BCUT2D eigenvalue weighted by atomic mass is 16.5. The molecule has 4 rings (SSSR count). The molecule has 0 aliphatic carbocycles. The van der Waals surface area contributed by atoms with Crippen LogP contribution in [0.1, 0.15) is 11.9 Å². The van der Waals surface area contributed by atoms with Crippen LogP contribution in [0.3, 0.4) is 0 Å². The summed E-state index contributed by atoms with van der Waals surface area (Å²) in [4.78, 5) is 2.05. The number of H-pyrrole nitrogens is 1. The molecule has 112 valence electrons. The minimum Gasteiger partial charge on any atom is -0.366 e. The van der Waals surface area contributed by atoms with E-state index in [2.05, 4.69) is 41.0 Å². The predicted molar refractivity (Wildman–Crippen MR) is 74.2 cm³/mol. The lowest BCUT2D eigenvalue weighted by molar-refractivity contribution is 0.0333. The van der Waals surface area contributed by atoms with Crippen molar-refractivity contribution in [2.75, 3.05) is 24.6 Å². The molecule has 1 fully saturated rings. The molecule has 1 atom stereocenters. The topological polar surface area (TPSA) is 111 Å². The zero-order chi connectivity index (χ0) is 14.8. The standard InChI is InChI=1S/C12H13N9O/c1-2-4-9(5-3-1)21-12(15-18-19-21)20-6-7-22-10(8-20)11-13-16-17-14-11/h1-5,10H,6-8H2,(H,13,14,16,17). The molecule has 10 heteroatoms. The summed E-state index contributed by atoms with van der Waals surface area (Å²) in [6.45, 7) is 1.80. The number of anilines is 1. The van der Waals surface area contributed by atoms with Crippen molar-refractivity contribution in [1.29, 1.82) is 0 Å². The van der Waals surface area contributed by atoms with Gasteiger partial charge in [0.25, 0.3) is 5.95 Å². The molecule has 0 radical (unpaired) electrons. The number of ether oxygens (including phenoxy) is 1. The first-order valence-corrected chi connectivity index (χ1v) is 6.85. The van der Waals surface area contributed by atoms with Crippen molar-refractivity contribution < 1.29 is 4.74 Å². The normalized spacial score (nSPS) is 18.5. The lowest BCUT2D eigenvalue weighted by Gasteiger charge is -2.31. The van der Waals surface area contributed by atoms with Gasteiger partial charge in [0.1, 0.15) is 6.10 Å². The number of hydrogen-bond acceptors (Lipinski definition) is 8. The van der Waals surface area contributed by atoms with Crippen LogP contribution in [0.15, 0.2) is 30.3 Å². The third kappa shape index (κ3) is 2.29. The van der Waals surface area contributed by atoms with E-state index >= 15 is 0 Å². The fraction of sp³-hybridized carbons (Fsp3) is 0.333. The second kappa shape index (κ2) is 5.48. The van der Waals surface area contributed by atoms with Crippen LogP contribution >= 0.6 is 0 Å². The molecule has 0 bridgehead atoms. The lowest BCUT2D eigenvalue weighted by atomic mass is 10.2. The van der Waals surface area contributed by atoms with Crippen molar-refractivity contribution in [3.8, 4) is 5.69 Å². The van der Waals surface area contributed by atoms with Gasteiger partial charge in [-0.2, -0.15) is 9.90 Å². The highest BCUT2D eigenvalue weighted by Crippen LogP contribution is 2.23. The Balaban J connectivity index is 1.61. The summed E-state index contributed by atoms with van der Waals surface area (Å²) >= 11 is 0. The van der Waals surface area contributed by atoms with Crippen LogP contribution in [0.2, 0.25) is 0 Å². The lowest BCUT2D eigenvalue weighted by Crippen LogP contribution is -2.40. The number of nitrogens with one attached hydrogen (secondary N) is 1. The third-order valence-electron chi connectivity index (χ3n) is 3.45. The first-order chi connectivity index (χ1) is 10.9. The molecular formula is C12H13N9O. The van der Waals surface area contributed by atoms with E-state index in [1.54, 1.807) is 4.68 Å². The predicted octanol–water partition coefficient (Wildman–Crippen LogP) is -0.247. The quantitative estimate of drug-likeness (QED) is 0.705. The van der Waals surface area contributed by atoms with Gasteiger partial charge in [-0.1, -0.05) is 28.5 Å². The van der Waals surface area contributed by atoms with Crippen LogP contribution in [0.4, 0.5) is 5.95 Å². The van der Waals surface area contributed by atoms with Gasteiger partial charge in [0.15, 0.2) is 0 Å². The van der Waals surface area contributed by atoms with E-state index in [9.17, 15) is 0 Å². The van der Waals surface area contributed by atoms with Gasteiger partial charge in [0.05, 0.1) is 18.8 Å². The Labute approximate surface area is 125 Å². The van der Waals surface area contributed by atoms with Crippen LogP contribution in [0.25, 0.3) is 5.69 Å². The van der Waals surface area contributed by atoms with E-state index in [4.69, 9.17) is 4.74 Å². The van der Waals surface area contributed by atoms with Gasteiger partial charge in [-0.25, -0.2) is 0 Å². The zero-order valence-electron chi connectivity index (χ0n) is 11.6. The Morgan fingerprint density at radius 1 is 1.18 bits per heavy atom. The maximum absolute atomic E-state index is 5.69. The van der Waals surface area contributed by atoms with Gasteiger partial charge < -0.3 is 9.64 Å². The number of aromatic nitrogens is 8. The first kappa shape index (κ1) is 12.8. The summed E-state index contributed by atoms with van der Waals surface area (Å²) in [5.41, 5.74) is 0.908. The number of nitrogens with zero attached hydrogens (tertiary/aromatic N) is 8. The van der Waals surface area contributed by atoms with E-state index in [0.717, 1.165) is 5.69 Å². The van der Waals surface area contributed by atoms with Gasteiger partial charge >= 0.3 is 0 Å². The summed E-state index contributed by atoms with van der Waals surface area (Å²) in [6.07, 6.45) is -0.256. The average Bonchev–Trinajstić information content (AvgIpc) is 3.27. The van der Waals surface area contributed by atoms with E-state index in [1.807, 2.05) is 30.3 Å². The van der Waals surface area contributed by atoms with Gasteiger partial charge in [0, 0.05) is 6.54 Å². The van der Waals surface area contributed by atoms with E-state index in [1.165, 1.54) is 0 Å². The smallest absolute Gasteiger partial charge is 0.250 e. The maximum atomic E-state index is 5.69. The Morgan fingerprint density at radius 3 is 2.91 bits per heavy atom. The molecule has 0 amide bonds. The molecule has 3 heterocycles. The fourth-order valence-electron chi connectivity index (χ4n) is 2.41. The van der Waals surface area contributed by atoms with Gasteiger partial charge in [-0.15, -0.1) is 10.2 Å². The van der Waals surface area contributed by atoms with Crippen molar-refractivity contribution in [3.05, 3.63) is 36.2 Å². The SMILES string of the molecule is c1ccc(-n2nnnc2N2CCOC(c3nn[nH]n3)C2)cc1. The number of aromatic amines is 1. The molecule has 1 N–H and O–H groups in total. The van der Waals surface area contributed by atoms with Crippen LogP contribution in [-0.2, 0) is 4.74 Å². The Morgan fingerprint density at radius 2 is 2.09 bits per heavy atom. The van der Waals surface area contributed by atoms with Crippen LogP contribution < -0.4 is 4.90 Å². The molecule has 1 saturated heterocycles. The number of tetrazole rings is 2. The van der Waals surface area contributed by atoms with Crippen molar-refractivity contribution in [2.45, 2.75) is 6.10 Å². The minimum absolute atomic E-state index is 0.256. The molecule has 1 aromatic carbocycles. The second-order valence-corrected chi connectivity index (χ2v) is 4.80. The summed E-state index contributed by atoms with van der Waals surface area (Å²) in [7, 11) is 0. The second-order valence-electron chi connectivity index (χ2n) is 4.80. The molecule has 3 aromatic rings. The Hall–Kier alpha value is -2.88. The largest absolute Gasteiger partial charge is 0.366 e. The van der Waals surface area contributed by atoms with Crippen molar-refractivity contribution in [3.63, 3.8) is 0 Å². The van der Waals surface area contributed by atoms with Gasteiger partial charge in [-0.3, -0.25) is 0 Å². The molecule has 2 aromatic heterocycles. The number of benzene rings is 1. The monoisotopic (exact) mass is 299 g/mol. The molecular weight excluding hydrogens is 286 g/mol. The number of morpholine rings is 1. The van der Waals surface area contributed by atoms with Crippen LogP contribution in [0.5, 0.6) is 0 Å². The number of para-hydroxylation sites is 1. The molecule has 0 spiro atoms. The summed E-state index contributed by atoms with van der Waals surface area (Å²) < 4.78 is 7.40. The summed E-state index contributed by atoms with van der Waals surface area (Å²) in [6, 6.07) is 9.76. The third-order valence-corrected chi connectivity index (χ3v) is 3.45. The maximum Gasteiger partial charge on any atom is 0.250 e. The zero-order valence-corrected chi connectivity index (χ0v) is 11.6. The summed E-state index contributed by atoms with van der Waals surface area (Å²) in [5, 5.41) is 26.0. The molecule has 1 aliphatic rings. The average molecular weight is 299 g/mol. The summed E-state index contributed by atoms with van der Waals surface area (Å²) in [5.74, 6) is 1.20. The highest BCUT2D eigenvalue weighted by Gasteiger charge is 2.28. The van der Waals surface area contributed by atoms with Crippen molar-refractivity contribution in [2.24, 2.45) is 0 Å². The molecule has 10 nitrogen and oxygen atoms in total. The van der Waals surface area contributed by atoms with E-state index in [0.29, 0.717) is 31.5 Å². The number of rotatable bonds is 3. The fourth-order valence-corrected chi connectivity index (χ4v) is 2.41. The first-order valence-electron chi connectivity index (χ1n) is 6.85. The van der Waals surface area contributed by atoms with E-state index < -0.39 is 0 Å².